The first-order valence-corrected chi connectivity index (χ1v) is 5.35. The van der Waals surface area contributed by atoms with Crippen molar-refractivity contribution in [3.8, 4) is 0 Å². The quantitative estimate of drug-likeness (QED) is 0.778. The summed E-state index contributed by atoms with van der Waals surface area (Å²) in [5.41, 5.74) is 0.595. The molecule has 0 aliphatic carbocycles. The second-order valence-corrected chi connectivity index (χ2v) is 4.18. The van der Waals surface area contributed by atoms with Crippen molar-refractivity contribution in [2.75, 3.05) is 7.11 Å². The van der Waals surface area contributed by atoms with Gasteiger partial charge >= 0.3 is 5.97 Å². The Morgan fingerprint density at radius 3 is 3.00 bits per heavy atom. The number of esters is 1. The van der Waals surface area contributed by atoms with Crippen LogP contribution in [-0.2, 0) is 11.2 Å². The van der Waals surface area contributed by atoms with Crippen molar-refractivity contribution in [3.63, 3.8) is 0 Å². The van der Waals surface area contributed by atoms with Gasteiger partial charge in [-0.1, -0.05) is 0 Å². The van der Waals surface area contributed by atoms with Gasteiger partial charge in [-0.25, -0.2) is 4.79 Å². The molecule has 0 aliphatic heterocycles. The third kappa shape index (κ3) is 3.12. The van der Waals surface area contributed by atoms with Gasteiger partial charge in [0, 0.05) is 10.3 Å². The molecule has 78 valence electrons. The topological polar surface area (TPSA) is 46.5 Å². The van der Waals surface area contributed by atoms with Crippen molar-refractivity contribution in [2.45, 2.75) is 25.9 Å². The third-order valence-corrected chi connectivity index (χ3v) is 2.88. The summed E-state index contributed by atoms with van der Waals surface area (Å²) in [4.78, 5) is 12.2. The molecule has 0 aromatic carbocycles. The van der Waals surface area contributed by atoms with Crippen LogP contribution in [0.4, 0.5) is 0 Å². The molecular formula is C10H14O3S. The van der Waals surface area contributed by atoms with E-state index in [1.54, 1.807) is 12.3 Å². The highest BCUT2D eigenvalue weighted by Gasteiger charge is 2.08. The van der Waals surface area contributed by atoms with Crippen LogP contribution >= 0.6 is 11.3 Å². The minimum Gasteiger partial charge on any atom is -0.465 e. The molecule has 0 bridgehead atoms. The number of rotatable bonds is 4. The molecule has 1 N–H and O–H groups in total. The number of carbonyl (C=O) groups is 1. The van der Waals surface area contributed by atoms with Gasteiger partial charge in [-0.05, 0) is 25.8 Å². The fraction of sp³-hybridized carbons (Fsp3) is 0.500. The predicted molar refractivity (Wildman–Crippen MR) is 55.7 cm³/mol. The monoisotopic (exact) mass is 214 g/mol. The molecule has 0 amide bonds. The van der Waals surface area contributed by atoms with Gasteiger partial charge in [0.15, 0.2) is 0 Å². The molecule has 0 aliphatic rings. The number of aliphatic hydroxyl groups excluding tert-OH is 1. The smallest absolute Gasteiger partial charge is 0.338 e. The van der Waals surface area contributed by atoms with Gasteiger partial charge in [0.25, 0.3) is 0 Å². The second-order valence-electron chi connectivity index (χ2n) is 3.18. The predicted octanol–water partition coefficient (Wildman–Crippen LogP) is 1.85. The molecule has 0 saturated carbocycles. The molecule has 0 unspecified atom stereocenters. The molecule has 4 heteroatoms. The molecule has 0 spiro atoms. The zero-order chi connectivity index (χ0) is 10.6. The number of hydrogen-bond donors (Lipinski definition) is 1. The van der Waals surface area contributed by atoms with Crippen LogP contribution < -0.4 is 0 Å². The number of hydrogen-bond acceptors (Lipinski definition) is 4. The molecule has 1 heterocycles. The zero-order valence-corrected chi connectivity index (χ0v) is 9.13. The maximum Gasteiger partial charge on any atom is 0.338 e. The molecule has 3 nitrogen and oxygen atoms in total. The minimum absolute atomic E-state index is 0.293. The summed E-state index contributed by atoms with van der Waals surface area (Å²) in [6.07, 6.45) is 1.24. The van der Waals surface area contributed by atoms with Gasteiger partial charge in [-0.2, -0.15) is 0 Å². The van der Waals surface area contributed by atoms with E-state index in [1.807, 2.05) is 6.07 Å². The van der Waals surface area contributed by atoms with Crippen LogP contribution in [-0.4, -0.2) is 24.3 Å². The van der Waals surface area contributed by atoms with Gasteiger partial charge in [0.1, 0.15) is 0 Å². The maximum absolute atomic E-state index is 11.1. The highest BCUT2D eigenvalue weighted by atomic mass is 32.1. The van der Waals surface area contributed by atoms with E-state index >= 15 is 0 Å². The molecule has 1 aromatic heterocycles. The fourth-order valence-corrected chi connectivity index (χ4v) is 1.96. The Kier molecular flexibility index (Phi) is 4.10. The van der Waals surface area contributed by atoms with Crippen LogP contribution in [0.15, 0.2) is 11.4 Å². The summed E-state index contributed by atoms with van der Waals surface area (Å²) in [6.45, 7) is 1.76. The summed E-state index contributed by atoms with van der Waals surface area (Å²) in [6, 6.07) is 1.82. The van der Waals surface area contributed by atoms with Crippen LogP contribution in [0.2, 0.25) is 0 Å². The molecule has 0 radical (unpaired) electrons. The Labute approximate surface area is 87.3 Å². The molecule has 0 fully saturated rings. The Morgan fingerprint density at radius 1 is 1.71 bits per heavy atom. The van der Waals surface area contributed by atoms with E-state index in [2.05, 4.69) is 4.74 Å². The first kappa shape index (κ1) is 11.2. The third-order valence-electron chi connectivity index (χ3n) is 1.88. The largest absolute Gasteiger partial charge is 0.465 e. The van der Waals surface area contributed by atoms with Crippen molar-refractivity contribution >= 4 is 17.3 Å². The number of aryl methyl sites for hydroxylation is 1. The lowest BCUT2D eigenvalue weighted by Crippen LogP contribution is -2.01. The van der Waals surface area contributed by atoms with Crippen LogP contribution in [0.3, 0.4) is 0 Å². The maximum atomic E-state index is 11.1. The van der Waals surface area contributed by atoms with Gasteiger partial charge < -0.3 is 9.84 Å². The first-order valence-electron chi connectivity index (χ1n) is 4.47. The molecular weight excluding hydrogens is 200 g/mol. The average molecular weight is 214 g/mol. The van der Waals surface area contributed by atoms with Gasteiger partial charge in [0.05, 0.1) is 18.8 Å². The number of carbonyl (C=O) groups excluding carboxylic acids is 1. The van der Waals surface area contributed by atoms with E-state index in [0.29, 0.717) is 5.56 Å². The first-order chi connectivity index (χ1) is 6.63. The highest BCUT2D eigenvalue weighted by molar-refractivity contribution is 7.10. The number of thiophene rings is 1. The standard InChI is InChI=1S/C10H14O3S/c1-7(11)3-4-9-5-8(6-14-9)10(12)13-2/h5-7,11H,3-4H2,1-2H3/t7-/m0/s1. The van der Waals surface area contributed by atoms with E-state index in [1.165, 1.54) is 18.4 Å². The Balaban J connectivity index is 2.55. The zero-order valence-electron chi connectivity index (χ0n) is 8.32. The van der Waals surface area contributed by atoms with Gasteiger partial charge in [-0.3, -0.25) is 0 Å². The molecule has 1 atom stereocenters. The fourth-order valence-electron chi connectivity index (χ4n) is 1.09. The molecule has 1 aromatic rings. The summed E-state index contributed by atoms with van der Waals surface area (Å²) in [5, 5.41) is 10.9. The van der Waals surface area contributed by atoms with E-state index in [4.69, 9.17) is 5.11 Å². The number of aliphatic hydroxyl groups is 1. The molecule has 0 saturated heterocycles. The van der Waals surface area contributed by atoms with E-state index in [9.17, 15) is 4.79 Å². The summed E-state index contributed by atoms with van der Waals surface area (Å²) >= 11 is 1.52. The highest BCUT2D eigenvalue weighted by Crippen LogP contribution is 2.17. The molecule has 1 rings (SSSR count). The Morgan fingerprint density at radius 2 is 2.43 bits per heavy atom. The van der Waals surface area contributed by atoms with Crippen molar-refractivity contribution < 1.29 is 14.6 Å². The molecule has 14 heavy (non-hydrogen) atoms. The van der Waals surface area contributed by atoms with Gasteiger partial charge in [-0.15, -0.1) is 11.3 Å². The number of methoxy groups -OCH3 is 1. The SMILES string of the molecule is COC(=O)c1csc(CC[C@H](C)O)c1. The van der Waals surface area contributed by atoms with Crippen molar-refractivity contribution in [2.24, 2.45) is 0 Å². The lowest BCUT2D eigenvalue weighted by atomic mass is 10.2. The summed E-state index contributed by atoms with van der Waals surface area (Å²) in [5.74, 6) is -0.301. The van der Waals surface area contributed by atoms with Crippen molar-refractivity contribution in [1.82, 2.24) is 0 Å². The Hall–Kier alpha value is -0.870. The van der Waals surface area contributed by atoms with Crippen LogP contribution in [0.5, 0.6) is 0 Å². The van der Waals surface area contributed by atoms with Crippen LogP contribution in [0, 0.1) is 0 Å². The van der Waals surface area contributed by atoms with Crippen molar-refractivity contribution in [1.29, 1.82) is 0 Å². The lowest BCUT2D eigenvalue weighted by Gasteiger charge is -2.00. The summed E-state index contributed by atoms with van der Waals surface area (Å²) in [7, 11) is 1.37. The van der Waals surface area contributed by atoms with Crippen molar-refractivity contribution in [3.05, 3.63) is 21.9 Å². The minimum atomic E-state index is -0.301. The number of ether oxygens (including phenoxy) is 1. The van der Waals surface area contributed by atoms with E-state index < -0.39 is 0 Å². The average Bonchev–Trinajstić information content (AvgIpc) is 2.62. The lowest BCUT2D eigenvalue weighted by molar-refractivity contribution is 0.0601. The second kappa shape index (κ2) is 5.12. The van der Waals surface area contributed by atoms with E-state index in [-0.39, 0.29) is 12.1 Å². The van der Waals surface area contributed by atoms with E-state index in [0.717, 1.165) is 17.7 Å². The van der Waals surface area contributed by atoms with Crippen LogP contribution in [0.1, 0.15) is 28.6 Å². The van der Waals surface area contributed by atoms with Gasteiger partial charge in [0.2, 0.25) is 0 Å². The van der Waals surface area contributed by atoms with Crippen LogP contribution in [0.25, 0.3) is 0 Å². The normalized spacial score (nSPS) is 12.5. The summed E-state index contributed by atoms with van der Waals surface area (Å²) < 4.78 is 4.59. The Bertz CT molecular complexity index is 304.